The van der Waals surface area contributed by atoms with Crippen molar-refractivity contribution >= 4 is 15.9 Å². The molecule has 2 rings (SSSR count). The first-order chi connectivity index (χ1) is 6.81. The second-order valence-corrected chi connectivity index (χ2v) is 4.49. The highest BCUT2D eigenvalue weighted by atomic mass is 79.9. The van der Waals surface area contributed by atoms with Gasteiger partial charge in [-0.3, -0.25) is 0 Å². The van der Waals surface area contributed by atoms with E-state index in [0.717, 1.165) is 17.3 Å². The number of alkyl halides is 1. The summed E-state index contributed by atoms with van der Waals surface area (Å²) in [5.74, 6) is 0. The van der Waals surface area contributed by atoms with Crippen molar-refractivity contribution in [2.75, 3.05) is 13.2 Å². The van der Waals surface area contributed by atoms with Gasteiger partial charge in [-0.05, 0) is 36.1 Å². The van der Waals surface area contributed by atoms with Crippen molar-refractivity contribution in [1.82, 2.24) is 5.32 Å². The Bertz CT molecular complexity index is 327. The van der Waals surface area contributed by atoms with E-state index in [0.29, 0.717) is 12.6 Å². The van der Waals surface area contributed by atoms with E-state index < -0.39 is 0 Å². The molecule has 1 N–H and O–H groups in total. The zero-order valence-electron chi connectivity index (χ0n) is 7.89. The van der Waals surface area contributed by atoms with E-state index in [-0.39, 0.29) is 6.67 Å². The lowest BCUT2D eigenvalue weighted by Gasteiger charge is -2.12. The SMILES string of the molecule is FCCNC1CCc2cc(Br)ccc21. The van der Waals surface area contributed by atoms with Gasteiger partial charge in [0.25, 0.3) is 0 Å². The Balaban J connectivity index is 2.14. The predicted molar refractivity (Wildman–Crippen MR) is 59.2 cm³/mol. The van der Waals surface area contributed by atoms with Crippen LogP contribution in [0.1, 0.15) is 23.6 Å². The number of halogens is 2. The minimum absolute atomic E-state index is 0.289. The van der Waals surface area contributed by atoms with Crippen LogP contribution in [0.5, 0.6) is 0 Å². The fraction of sp³-hybridized carbons (Fsp3) is 0.455. The molecule has 0 bridgehead atoms. The lowest BCUT2D eigenvalue weighted by molar-refractivity contribution is 0.433. The van der Waals surface area contributed by atoms with E-state index in [9.17, 15) is 4.39 Å². The summed E-state index contributed by atoms with van der Waals surface area (Å²) >= 11 is 3.46. The monoisotopic (exact) mass is 257 g/mol. The lowest BCUT2D eigenvalue weighted by atomic mass is 10.1. The molecule has 0 aromatic heterocycles. The minimum Gasteiger partial charge on any atom is -0.307 e. The van der Waals surface area contributed by atoms with Gasteiger partial charge in [0.15, 0.2) is 0 Å². The van der Waals surface area contributed by atoms with Crippen LogP contribution >= 0.6 is 15.9 Å². The summed E-state index contributed by atoms with van der Waals surface area (Å²) in [6.07, 6.45) is 2.19. The number of fused-ring (bicyclic) bond motifs is 1. The lowest BCUT2D eigenvalue weighted by Crippen LogP contribution is -2.21. The Morgan fingerprint density at radius 1 is 1.50 bits per heavy atom. The molecule has 1 aromatic carbocycles. The average Bonchev–Trinajstić information content (AvgIpc) is 2.57. The Morgan fingerprint density at radius 3 is 3.14 bits per heavy atom. The van der Waals surface area contributed by atoms with E-state index in [1.807, 2.05) is 6.07 Å². The molecule has 1 atom stereocenters. The second kappa shape index (κ2) is 4.41. The molecule has 1 nitrogen and oxygen atoms in total. The van der Waals surface area contributed by atoms with Gasteiger partial charge >= 0.3 is 0 Å². The minimum atomic E-state index is -0.289. The van der Waals surface area contributed by atoms with E-state index in [2.05, 4.69) is 33.4 Å². The first-order valence-electron chi connectivity index (χ1n) is 4.89. The van der Waals surface area contributed by atoms with Crippen molar-refractivity contribution in [2.24, 2.45) is 0 Å². The fourth-order valence-electron chi connectivity index (χ4n) is 2.03. The molecule has 1 aromatic rings. The van der Waals surface area contributed by atoms with Crippen molar-refractivity contribution < 1.29 is 4.39 Å². The van der Waals surface area contributed by atoms with Crippen molar-refractivity contribution in [2.45, 2.75) is 18.9 Å². The first kappa shape index (κ1) is 10.1. The molecule has 0 saturated heterocycles. The van der Waals surface area contributed by atoms with Gasteiger partial charge in [-0.15, -0.1) is 0 Å². The molecule has 0 fully saturated rings. The number of hydrogen-bond donors (Lipinski definition) is 1. The summed E-state index contributed by atoms with van der Waals surface area (Å²) in [4.78, 5) is 0. The number of hydrogen-bond acceptors (Lipinski definition) is 1. The van der Waals surface area contributed by atoms with Crippen LogP contribution in [0.25, 0.3) is 0 Å². The van der Waals surface area contributed by atoms with Gasteiger partial charge in [0.2, 0.25) is 0 Å². The molecule has 0 radical (unpaired) electrons. The van der Waals surface area contributed by atoms with Gasteiger partial charge in [-0.25, -0.2) is 4.39 Å². The summed E-state index contributed by atoms with van der Waals surface area (Å²) < 4.78 is 13.1. The standard InChI is InChI=1S/C11H13BrFN/c12-9-2-3-10-8(7-9)1-4-11(10)14-6-5-13/h2-3,7,11,14H,1,4-6H2. The van der Waals surface area contributed by atoms with Crippen molar-refractivity contribution in [3.63, 3.8) is 0 Å². The summed E-state index contributed by atoms with van der Waals surface area (Å²) in [6, 6.07) is 6.69. The number of benzene rings is 1. The number of nitrogens with one attached hydrogen (secondary N) is 1. The Labute approximate surface area is 91.8 Å². The zero-order chi connectivity index (χ0) is 9.97. The highest BCUT2D eigenvalue weighted by Crippen LogP contribution is 2.32. The maximum atomic E-state index is 12.0. The maximum absolute atomic E-state index is 12.0. The summed E-state index contributed by atoms with van der Waals surface area (Å²) in [5, 5.41) is 3.22. The molecule has 14 heavy (non-hydrogen) atoms. The zero-order valence-corrected chi connectivity index (χ0v) is 9.48. The molecule has 1 aliphatic carbocycles. The third kappa shape index (κ3) is 1.98. The molecular weight excluding hydrogens is 245 g/mol. The molecule has 3 heteroatoms. The van der Waals surface area contributed by atoms with Crippen molar-refractivity contribution in [3.8, 4) is 0 Å². The van der Waals surface area contributed by atoms with Gasteiger partial charge in [0.05, 0.1) is 0 Å². The van der Waals surface area contributed by atoms with E-state index in [1.165, 1.54) is 11.1 Å². The van der Waals surface area contributed by atoms with Crippen molar-refractivity contribution in [1.29, 1.82) is 0 Å². The molecule has 76 valence electrons. The molecule has 0 aliphatic heterocycles. The van der Waals surface area contributed by atoms with Crippen LogP contribution in [0.2, 0.25) is 0 Å². The van der Waals surface area contributed by atoms with E-state index >= 15 is 0 Å². The highest BCUT2D eigenvalue weighted by molar-refractivity contribution is 9.10. The van der Waals surface area contributed by atoms with Crippen LogP contribution < -0.4 is 5.32 Å². The number of aryl methyl sites for hydroxylation is 1. The van der Waals surface area contributed by atoms with Gasteiger partial charge in [-0.2, -0.15) is 0 Å². The summed E-state index contributed by atoms with van der Waals surface area (Å²) in [6.45, 7) is 0.169. The van der Waals surface area contributed by atoms with Crippen LogP contribution in [0.15, 0.2) is 22.7 Å². The van der Waals surface area contributed by atoms with Crippen LogP contribution in [-0.2, 0) is 6.42 Å². The Kier molecular flexibility index (Phi) is 3.19. The molecule has 0 spiro atoms. The van der Waals surface area contributed by atoms with Gasteiger partial charge in [-0.1, -0.05) is 22.0 Å². The smallest absolute Gasteiger partial charge is 0.102 e. The normalized spacial score (nSPS) is 19.7. The third-order valence-corrected chi connectivity index (χ3v) is 3.16. The second-order valence-electron chi connectivity index (χ2n) is 3.58. The van der Waals surface area contributed by atoms with E-state index in [1.54, 1.807) is 0 Å². The highest BCUT2D eigenvalue weighted by Gasteiger charge is 2.21. The van der Waals surface area contributed by atoms with Gasteiger partial charge < -0.3 is 5.32 Å². The summed E-state index contributed by atoms with van der Waals surface area (Å²) in [7, 11) is 0. The largest absolute Gasteiger partial charge is 0.307 e. The van der Waals surface area contributed by atoms with Gasteiger partial charge in [0, 0.05) is 17.1 Å². The Hall–Kier alpha value is -0.410. The quantitative estimate of drug-likeness (QED) is 0.878. The molecule has 0 heterocycles. The summed E-state index contributed by atoms with van der Waals surface area (Å²) in [5.41, 5.74) is 2.72. The van der Waals surface area contributed by atoms with Crippen LogP contribution in [0, 0.1) is 0 Å². The predicted octanol–water partition coefficient (Wildman–Crippen LogP) is 3.00. The van der Waals surface area contributed by atoms with E-state index in [4.69, 9.17) is 0 Å². The Morgan fingerprint density at radius 2 is 2.36 bits per heavy atom. The first-order valence-corrected chi connectivity index (χ1v) is 5.68. The fourth-order valence-corrected chi connectivity index (χ4v) is 2.44. The van der Waals surface area contributed by atoms with Crippen LogP contribution in [0.4, 0.5) is 4.39 Å². The average molecular weight is 258 g/mol. The maximum Gasteiger partial charge on any atom is 0.102 e. The molecule has 0 amide bonds. The van der Waals surface area contributed by atoms with Crippen LogP contribution in [-0.4, -0.2) is 13.2 Å². The molecule has 0 saturated carbocycles. The topological polar surface area (TPSA) is 12.0 Å². The molecule has 1 unspecified atom stereocenters. The third-order valence-electron chi connectivity index (χ3n) is 2.67. The molecule has 1 aliphatic rings. The van der Waals surface area contributed by atoms with Gasteiger partial charge in [0.1, 0.15) is 6.67 Å². The van der Waals surface area contributed by atoms with Crippen molar-refractivity contribution in [3.05, 3.63) is 33.8 Å². The molecular formula is C11H13BrFN. The number of rotatable bonds is 3. The van der Waals surface area contributed by atoms with Crippen LogP contribution in [0.3, 0.4) is 0 Å².